The van der Waals surface area contributed by atoms with E-state index >= 15 is 0 Å². The van der Waals surface area contributed by atoms with E-state index in [1.165, 1.54) is 18.3 Å². The zero-order chi connectivity index (χ0) is 14.6. The lowest BCUT2D eigenvalue weighted by Crippen LogP contribution is -2.28. The van der Waals surface area contributed by atoms with Crippen LogP contribution in [0.15, 0.2) is 23.1 Å². The van der Waals surface area contributed by atoms with Gasteiger partial charge >= 0.3 is 12.1 Å². The number of carboxylic acid groups (broad SMARTS) is 1. The molecule has 0 spiro atoms. The molecule has 7 heteroatoms. The summed E-state index contributed by atoms with van der Waals surface area (Å²) in [5.74, 6) is -1.14. The Morgan fingerprint density at radius 2 is 2.00 bits per heavy atom. The smallest absolute Gasteiger partial charge is 0.412 e. The Morgan fingerprint density at radius 3 is 2.53 bits per heavy atom. The van der Waals surface area contributed by atoms with Crippen LogP contribution in [0.2, 0.25) is 0 Å². The van der Waals surface area contributed by atoms with Crippen LogP contribution in [-0.2, 0) is 16.1 Å². The van der Waals surface area contributed by atoms with Crippen molar-refractivity contribution in [3.05, 3.63) is 28.7 Å². The lowest BCUT2D eigenvalue weighted by atomic mass is 10.2. The maximum Gasteiger partial charge on any atom is 0.412 e. The molecule has 1 aromatic rings. The average molecular weight is 268 g/mol. The van der Waals surface area contributed by atoms with Crippen molar-refractivity contribution in [3.63, 3.8) is 0 Å². The van der Waals surface area contributed by atoms with Crippen LogP contribution in [0.25, 0.3) is 0 Å². The van der Waals surface area contributed by atoms with Gasteiger partial charge in [-0.15, -0.1) is 0 Å². The minimum atomic E-state index is -1.14. The fourth-order valence-electron chi connectivity index (χ4n) is 1.30. The molecule has 1 amide bonds. The highest BCUT2D eigenvalue weighted by Gasteiger charge is 2.16. The molecule has 7 nitrogen and oxygen atoms in total. The summed E-state index contributed by atoms with van der Waals surface area (Å²) in [5, 5.41) is 11.1. The van der Waals surface area contributed by atoms with Crippen LogP contribution in [0, 0.1) is 0 Å². The standard InChI is InChI=1S/C12H16N2O5/c1-12(2,3)19-11(18)13-8-4-5-9(15)14(6-8)7-10(16)17/h4-6H,7H2,1-3H3,(H,13,18)(H,16,17). The number of pyridine rings is 1. The van der Waals surface area contributed by atoms with Gasteiger partial charge in [-0.1, -0.05) is 0 Å². The van der Waals surface area contributed by atoms with Crippen LogP contribution in [0.3, 0.4) is 0 Å². The third-order valence-electron chi connectivity index (χ3n) is 1.93. The summed E-state index contributed by atoms with van der Waals surface area (Å²) >= 11 is 0. The molecule has 0 unspecified atom stereocenters. The maximum absolute atomic E-state index is 11.5. The normalized spacial score (nSPS) is 10.9. The van der Waals surface area contributed by atoms with Gasteiger partial charge in [-0.25, -0.2) is 4.79 Å². The summed E-state index contributed by atoms with van der Waals surface area (Å²) in [6, 6.07) is 2.56. The predicted molar refractivity (Wildman–Crippen MR) is 68.2 cm³/mol. The molecule has 0 aromatic carbocycles. The van der Waals surface area contributed by atoms with E-state index in [1.54, 1.807) is 20.8 Å². The number of carbonyl (C=O) groups excluding carboxylic acids is 1. The number of ether oxygens (including phenoxy) is 1. The Labute approximate surface area is 109 Å². The van der Waals surface area contributed by atoms with Crippen molar-refractivity contribution >= 4 is 17.7 Å². The first-order valence-corrected chi connectivity index (χ1v) is 5.60. The van der Waals surface area contributed by atoms with Crippen molar-refractivity contribution in [2.75, 3.05) is 5.32 Å². The highest BCUT2D eigenvalue weighted by Crippen LogP contribution is 2.10. The zero-order valence-corrected chi connectivity index (χ0v) is 11.0. The van der Waals surface area contributed by atoms with Gasteiger partial charge in [-0.05, 0) is 26.8 Å². The molecule has 0 aliphatic heterocycles. The van der Waals surface area contributed by atoms with E-state index < -0.39 is 29.8 Å². The first-order valence-electron chi connectivity index (χ1n) is 5.60. The number of rotatable bonds is 3. The molecule has 0 aliphatic rings. The average Bonchev–Trinajstić information content (AvgIpc) is 2.19. The maximum atomic E-state index is 11.5. The number of aliphatic carboxylic acids is 1. The van der Waals surface area contributed by atoms with Gasteiger partial charge in [0.2, 0.25) is 0 Å². The molecule has 1 rings (SSSR count). The number of aromatic nitrogens is 1. The summed E-state index contributed by atoms with van der Waals surface area (Å²) < 4.78 is 6.02. The first-order chi connectivity index (χ1) is 8.67. The number of hydrogen-bond acceptors (Lipinski definition) is 4. The monoisotopic (exact) mass is 268 g/mol. The molecule has 0 saturated carbocycles. The van der Waals surface area contributed by atoms with Crippen molar-refractivity contribution < 1.29 is 19.4 Å². The van der Waals surface area contributed by atoms with Gasteiger partial charge in [-0.3, -0.25) is 14.9 Å². The molecule has 0 atom stereocenters. The quantitative estimate of drug-likeness (QED) is 0.860. The van der Waals surface area contributed by atoms with Crippen LogP contribution in [0.1, 0.15) is 20.8 Å². The molecule has 0 fully saturated rings. The second-order valence-corrected chi connectivity index (χ2v) is 4.90. The summed E-state index contributed by atoms with van der Waals surface area (Å²) in [5.41, 5.74) is -0.813. The summed E-state index contributed by atoms with van der Waals surface area (Å²) in [6.07, 6.45) is 0.577. The molecule has 19 heavy (non-hydrogen) atoms. The molecular formula is C12H16N2O5. The Balaban J connectivity index is 2.82. The molecule has 0 aliphatic carbocycles. The van der Waals surface area contributed by atoms with Crippen molar-refractivity contribution in [2.45, 2.75) is 32.9 Å². The Hall–Kier alpha value is -2.31. The highest BCUT2D eigenvalue weighted by molar-refractivity contribution is 5.84. The van der Waals surface area contributed by atoms with E-state index in [0.717, 1.165) is 4.57 Å². The van der Waals surface area contributed by atoms with Gasteiger partial charge in [0, 0.05) is 12.3 Å². The molecule has 0 saturated heterocycles. The first kappa shape index (κ1) is 14.7. The van der Waals surface area contributed by atoms with Gasteiger partial charge in [-0.2, -0.15) is 0 Å². The van der Waals surface area contributed by atoms with E-state index in [9.17, 15) is 14.4 Å². The number of carbonyl (C=O) groups is 2. The van der Waals surface area contributed by atoms with Gasteiger partial charge in [0.1, 0.15) is 12.1 Å². The third kappa shape index (κ3) is 5.24. The second kappa shape index (κ2) is 5.55. The number of amides is 1. The van der Waals surface area contributed by atoms with Crippen molar-refractivity contribution in [3.8, 4) is 0 Å². The predicted octanol–water partition coefficient (Wildman–Crippen LogP) is 1.28. The summed E-state index contributed by atoms with van der Waals surface area (Å²) in [6.45, 7) is 4.69. The topological polar surface area (TPSA) is 97.6 Å². The van der Waals surface area contributed by atoms with Crippen LogP contribution in [-0.4, -0.2) is 27.3 Å². The fourth-order valence-corrected chi connectivity index (χ4v) is 1.30. The van der Waals surface area contributed by atoms with Gasteiger partial charge in [0.05, 0.1) is 5.69 Å². The van der Waals surface area contributed by atoms with Crippen LogP contribution < -0.4 is 10.9 Å². The second-order valence-electron chi connectivity index (χ2n) is 4.90. The van der Waals surface area contributed by atoms with Gasteiger partial charge in [0.15, 0.2) is 0 Å². The molecular weight excluding hydrogens is 252 g/mol. The molecule has 1 heterocycles. The van der Waals surface area contributed by atoms with Crippen LogP contribution in [0.4, 0.5) is 10.5 Å². The molecule has 2 N–H and O–H groups in total. The highest BCUT2D eigenvalue weighted by atomic mass is 16.6. The van der Waals surface area contributed by atoms with Crippen molar-refractivity contribution in [1.29, 1.82) is 0 Å². The number of carboxylic acids is 1. The lowest BCUT2D eigenvalue weighted by Gasteiger charge is -2.19. The van der Waals surface area contributed by atoms with E-state index in [0.29, 0.717) is 0 Å². The fraction of sp³-hybridized carbons (Fsp3) is 0.417. The third-order valence-corrected chi connectivity index (χ3v) is 1.93. The largest absolute Gasteiger partial charge is 0.480 e. The molecule has 104 valence electrons. The van der Waals surface area contributed by atoms with Gasteiger partial charge < -0.3 is 14.4 Å². The Morgan fingerprint density at radius 1 is 1.37 bits per heavy atom. The lowest BCUT2D eigenvalue weighted by molar-refractivity contribution is -0.137. The zero-order valence-electron chi connectivity index (χ0n) is 11.0. The van der Waals surface area contributed by atoms with Crippen molar-refractivity contribution in [1.82, 2.24) is 4.57 Å². The van der Waals surface area contributed by atoms with Crippen LogP contribution >= 0.6 is 0 Å². The summed E-state index contributed by atoms with van der Waals surface area (Å²) in [4.78, 5) is 33.5. The van der Waals surface area contributed by atoms with Crippen LogP contribution in [0.5, 0.6) is 0 Å². The number of hydrogen-bond donors (Lipinski definition) is 2. The van der Waals surface area contributed by atoms with Gasteiger partial charge in [0.25, 0.3) is 5.56 Å². The minimum Gasteiger partial charge on any atom is -0.480 e. The number of nitrogens with zero attached hydrogens (tertiary/aromatic N) is 1. The minimum absolute atomic E-state index is 0.287. The van der Waals surface area contributed by atoms with E-state index in [2.05, 4.69) is 5.32 Å². The number of anilines is 1. The molecule has 1 aromatic heterocycles. The Bertz CT molecular complexity index is 542. The van der Waals surface area contributed by atoms with Crippen molar-refractivity contribution in [2.24, 2.45) is 0 Å². The molecule has 0 bridgehead atoms. The van der Waals surface area contributed by atoms with E-state index in [-0.39, 0.29) is 5.69 Å². The number of nitrogens with one attached hydrogen (secondary N) is 1. The Kier molecular flexibility index (Phi) is 4.31. The molecule has 0 radical (unpaired) electrons. The SMILES string of the molecule is CC(C)(C)OC(=O)Nc1ccc(=O)n(CC(=O)O)c1. The summed E-state index contributed by atoms with van der Waals surface area (Å²) in [7, 11) is 0. The van der Waals surface area contributed by atoms with E-state index in [4.69, 9.17) is 9.84 Å². The van der Waals surface area contributed by atoms with E-state index in [1.807, 2.05) is 0 Å².